The van der Waals surface area contributed by atoms with Gasteiger partial charge in [0.05, 0.1) is 0 Å². The highest BCUT2D eigenvalue weighted by atomic mass is 16.5. The van der Waals surface area contributed by atoms with Crippen LogP contribution in [-0.4, -0.2) is 24.0 Å². The first-order chi connectivity index (χ1) is 14.8. The standard InChI is InChI=1S/C24H25N3O3/c28-24(22-23(30-16-26-22)21-6-3-13-29-21)25-14-17-7-9-18(10-8-17)15-27-12-11-19-4-1-2-5-20(19)27/h1-2,4-5,7-10,16,21H,3,6,11-15H2,(H,25,28). The number of oxazole rings is 1. The van der Waals surface area contributed by atoms with Crippen LogP contribution in [0.3, 0.4) is 0 Å². The van der Waals surface area contributed by atoms with Gasteiger partial charge in [0.1, 0.15) is 6.10 Å². The molecule has 5 rings (SSSR count). The van der Waals surface area contributed by atoms with Crippen LogP contribution in [0.4, 0.5) is 5.69 Å². The smallest absolute Gasteiger partial charge is 0.273 e. The molecule has 0 saturated carbocycles. The van der Waals surface area contributed by atoms with Crippen LogP contribution < -0.4 is 10.2 Å². The Bertz CT molecular complexity index is 1020. The fraction of sp³-hybridized carbons (Fsp3) is 0.333. The van der Waals surface area contributed by atoms with Gasteiger partial charge in [-0.15, -0.1) is 0 Å². The van der Waals surface area contributed by atoms with Crippen LogP contribution >= 0.6 is 0 Å². The zero-order valence-electron chi connectivity index (χ0n) is 16.8. The molecule has 1 saturated heterocycles. The summed E-state index contributed by atoms with van der Waals surface area (Å²) in [5, 5.41) is 2.94. The molecule has 2 aliphatic heterocycles. The zero-order chi connectivity index (χ0) is 20.3. The van der Waals surface area contributed by atoms with Crippen LogP contribution in [0, 0.1) is 0 Å². The molecular formula is C24H25N3O3. The lowest BCUT2D eigenvalue weighted by atomic mass is 10.1. The van der Waals surface area contributed by atoms with E-state index < -0.39 is 0 Å². The molecule has 6 nitrogen and oxygen atoms in total. The Morgan fingerprint density at radius 3 is 2.80 bits per heavy atom. The third kappa shape index (κ3) is 3.83. The van der Waals surface area contributed by atoms with Crippen LogP contribution in [0.15, 0.2) is 59.3 Å². The normalized spacial score (nSPS) is 17.9. The number of aromatic nitrogens is 1. The van der Waals surface area contributed by atoms with Gasteiger partial charge >= 0.3 is 0 Å². The summed E-state index contributed by atoms with van der Waals surface area (Å²) in [4.78, 5) is 19.1. The molecule has 3 heterocycles. The molecular weight excluding hydrogens is 378 g/mol. The number of para-hydroxylation sites is 1. The lowest BCUT2D eigenvalue weighted by molar-refractivity contribution is 0.0860. The summed E-state index contributed by atoms with van der Waals surface area (Å²) in [5.41, 5.74) is 5.40. The van der Waals surface area contributed by atoms with E-state index in [-0.39, 0.29) is 12.0 Å². The molecule has 1 unspecified atom stereocenters. The van der Waals surface area contributed by atoms with Crippen LogP contribution in [-0.2, 0) is 24.2 Å². The summed E-state index contributed by atoms with van der Waals surface area (Å²) in [6.07, 6.45) is 4.09. The number of nitrogens with one attached hydrogen (secondary N) is 1. The maximum Gasteiger partial charge on any atom is 0.273 e. The molecule has 0 aliphatic carbocycles. The summed E-state index contributed by atoms with van der Waals surface area (Å²) in [6.45, 7) is 3.10. The summed E-state index contributed by atoms with van der Waals surface area (Å²) in [7, 11) is 0. The van der Waals surface area contributed by atoms with Gasteiger partial charge in [0.15, 0.2) is 17.8 Å². The number of benzene rings is 2. The number of ether oxygens (including phenoxy) is 1. The minimum Gasteiger partial charge on any atom is -0.445 e. The maximum absolute atomic E-state index is 12.6. The van der Waals surface area contributed by atoms with Crippen molar-refractivity contribution in [1.82, 2.24) is 10.3 Å². The van der Waals surface area contributed by atoms with Crippen molar-refractivity contribution in [2.45, 2.75) is 38.5 Å². The zero-order valence-corrected chi connectivity index (χ0v) is 16.8. The molecule has 0 spiro atoms. The Kier molecular flexibility index (Phi) is 5.24. The molecule has 3 aromatic rings. The topological polar surface area (TPSA) is 67.6 Å². The quantitative estimate of drug-likeness (QED) is 0.673. The van der Waals surface area contributed by atoms with Crippen molar-refractivity contribution in [3.63, 3.8) is 0 Å². The van der Waals surface area contributed by atoms with Crippen molar-refractivity contribution in [2.24, 2.45) is 0 Å². The van der Waals surface area contributed by atoms with Crippen molar-refractivity contribution < 1.29 is 13.9 Å². The van der Waals surface area contributed by atoms with E-state index in [1.165, 1.54) is 23.2 Å². The van der Waals surface area contributed by atoms with E-state index in [0.717, 1.165) is 37.9 Å². The maximum atomic E-state index is 12.6. The van der Waals surface area contributed by atoms with Crippen molar-refractivity contribution in [1.29, 1.82) is 0 Å². The van der Waals surface area contributed by atoms with Crippen LogP contribution in [0.1, 0.15) is 51.9 Å². The summed E-state index contributed by atoms with van der Waals surface area (Å²) in [5.74, 6) is 0.304. The molecule has 1 amide bonds. The second kappa shape index (κ2) is 8.32. The van der Waals surface area contributed by atoms with Gasteiger partial charge in [-0.3, -0.25) is 4.79 Å². The summed E-state index contributed by atoms with van der Waals surface area (Å²) >= 11 is 0. The molecule has 2 aromatic carbocycles. The monoisotopic (exact) mass is 403 g/mol. The van der Waals surface area contributed by atoms with Gasteiger partial charge in [0.25, 0.3) is 5.91 Å². The molecule has 0 radical (unpaired) electrons. The third-order valence-corrected chi connectivity index (χ3v) is 5.86. The van der Waals surface area contributed by atoms with Gasteiger partial charge in [0.2, 0.25) is 0 Å². The first-order valence-electron chi connectivity index (χ1n) is 10.5. The fourth-order valence-electron chi connectivity index (χ4n) is 4.26. The highest BCUT2D eigenvalue weighted by molar-refractivity contribution is 5.93. The molecule has 2 aliphatic rings. The molecule has 6 heteroatoms. The highest BCUT2D eigenvalue weighted by Gasteiger charge is 2.27. The number of nitrogens with zero attached hydrogens (tertiary/aromatic N) is 2. The third-order valence-electron chi connectivity index (χ3n) is 5.86. The Labute approximate surface area is 175 Å². The molecule has 154 valence electrons. The molecule has 1 aromatic heterocycles. The Balaban J connectivity index is 1.18. The Morgan fingerprint density at radius 1 is 1.13 bits per heavy atom. The van der Waals surface area contributed by atoms with Gasteiger partial charge in [-0.25, -0.2) is 4.98 Å². The Morgan fingerprint density at radius 2 is 1.97 bits per heavy atom. The predicted molar refractivity (Wildman–Crippen MR) is 113 cm³/mol. The minimum atomic E-state index is -0.230. The van der Waals surface area contributed by atoms with Crippen LogP contribution in [0.2, 0.25) is 0 Å². The number of carbonyl (C=O) groups is 1. The molecule has 1 N–H and O–H groups in total. The second-order valence-electron chi connectivity index (χ2n) is 7.87. The second-order valence-corrected chi connectivity index (χ2v) is 7.87. The van der Waals surface area contributed by atoms with Crippen molar-refractivity contribution in [3.05, 3.63) is 83.1 Å². The van der Waals surface area contributed by atoms with Crippen molar-refractivity contribution in [2.75, 3.05) is 18.1 Å². The van der Waals surface area contributed by atoms with E-state index in [1.54, 1.807) is 0 Å². The number of carbonyl (C=O) groups excluding carboxylic acids is 1. The number of hydrogen-bond donors (Lipinski definition) is 1. The SMILES string of the molecule is O=C(NCc1ccc(CN2CCc3ccccc32)cc1)c1ncoc1C1CCCO1. The summed E-state index contributed by atoms with van der Waals surface area (Å²) < 4.78 is 11.0. The first kappa shape index (κ1) is 18.9. The number of rotatable bonds is 6. The van der Waals surface area contributed by atoms with E-state index in [1.807, 2.05) is 0 Å². The molecule has 1 atom stereocenters. The lowest BCUT2D eigenvalue weighted by Crippen LogP contribution is -2.24. The lowest BCUT2D eigenvalue weighted by Gasteiger charge is -2.19. The summed E-state index contributed by atoms with van der Waals surface area (Å²) in [6, 6.07) is 17.0. The highest BCUT2D eigenvalue weighted by Crippen LogP contribution is 2.31. The number of hydrogen-bond acceptors (Lipinski definition) is 5. The fourth-order valence-corrected chi connectivity index (χ4v) is 4.26. The minimum absolute atomic E-state index is 0.164. The van der Waals surface area contributed by atoms with Gasteiger partial charge in [-0.05, 0) is 42.0 Å². The van der Waals surface area contributed by atoms with E-state index in [9.17, 15) is 4.79 Å². The van der Waals surface area contributed by atoms with Crippen LogP contribution in [0.5, 0.6) is 0 Å². The van der Waals surface area contributed by atoms with E-state index in [0.29, 0.717) is 24.6 Å². The van der Waals surface area contributed by atoms with Gasteiger partial charge in [-0.1, -0.05) is 42.5 Å². The molecule has 1 fully saturated rings. The van der Waals surface area contributed by atoms with E-state index in [2.05, 4.69) is 63.7 Å². The number of fused-ring (bicyclic) bond motifs is 1. The van der Waals surface area contributed by atoms with Crippen LogP contribution in [0.25, 0.3) is 0 Å². The largest absolute Gasteiger partial charge is 0.445 e. The van der Waals surface area contributed by atoms with Gasteiger partial charge in [-0.2, -0.15) is 0 Å². The average Bonchev–Trinajstić information content (AvgIpc) is 3.53. The van der Waals surface area contributed by atoms with Gasteiger partial charge in [0, 0.05) is 31.9 Å². The first-order valence-corrected chi connectivity index (χ1v) is 10.5. The van der Waals surface area contributed by atoms with Gasteiger partial charge < -0.3 is 19.4 Å². The van der Waals surface area contributed by atoms with E-state index >= 15 is 0 Å². The average molecular weight is 403 g/mol. The van der Waals surface area contributed by atoms with E-state index in [4.69, 9.17) is 9.15 Å². The molecule has 30 heavy (non-hydrogen) atoms. The molecule has 0 bridgehead atoms. The predicted octanol–water partition coefficient (Wildman–Crippen LogP) is 4.02. The number of anilines is 1. The number of amides is 1. The Hall–Kier alpha value is -3.12. The van der Waals surface area contributed by atoms with Crippen molar-refractivity contribution >= 4 is 11.6 Å². The van der Waals surface area contributed by atoms with Crippen molar-refractivity contribution in [3.8, 4) is 0 Å².